The molecule has 26 heavy (non-hydrogen) atoms. The summed E-state index contributed by atoms with van der Waals surface area (Å²) < 4.78 is 1.37. The van der Waals surface area contributed by atoms with Crippen LogP contribution in [0.4, 0.5) is 11.4 Å². The molecule has 132 valence electrons. The first-order chi connectivity index (χ1) is 12.5. The lowest BCUT2D eigenvalue weighted by molar-refractivity contribution is -0.385. The second-order valence-electron chi connectivity index (χ2n) is 5.74. The largest absolute Gasteiger partial charge is 0.324 e. The van der Waals surface area contributed by atoms with Crippen LogP contribution in [0, 0.1) is 17.0 Å². The molecule has 9 nitrogen and oxygen atoms in total. The minimum Gasteiger partial charge on any atom is -0.324 e. The summed E-state index contributed by atoms with van der Waals surface area (Å²) >= 11 is 0. The van der Waals surface area contributed by atoms with Crippen LogP contribution in [-0.2, 0) is 11.2 Å². The van der Waals surface area contributed by atoms with Crippen molar-refractivity contribution in [1.29, 1.82) is 0 Å². The molecule has 0 radical (unpaired) electrons. The molecule has 3 rings (SSSR count). The molecule has 1 aromatic heterocycles. The van der Waals surface area contributed by atoms with Gasteiger partial charge in [-0.2, -0.15) is 0 Å². The van der Waals surface area contributed by atoms with Gasteiger partial charge in [0.05, 0.1) is 4.92 Å². The van der Waals surface area contributed by atoms with Gasteiger partial charge in [0.2, 0.25) is 5.91 Å². The Kier molecular flexibility index (Phi) is 4.97. The minimum atomic E-state index is -0.687. The summed E-state index contributed by atoms with van der Waals surface area (Å²) in [6.07, 6.45) is 1.75. The lowest BCUT2D eigenvalue weighted by atomic mass is 10.1. The molecular formula is C17H16N6O3. The topological polar surface area (TPSA) is 116 Å². The Morgan fingerprint density at radius 3 is 2.69 bits per heavy atom. The van der Waals surface area contributed by atoms with Crippen molar-refractivity contribution in [2.24, 2.45) is 0 Å². The fourth-order valence-corrected chi connectivity index (χ4v) is 2.56. The fraction of sp³-hybridized carbons (Fsp3) is 0.176. The normalized spacial score (nSPS) is 11.7. The van der Waals surface area contributed by atoms with E-state index in [4.69, 9.17) is 0 Å². The molecule has 0 aliphatic heterocycles. The van der Waals surface area contributed by atoms with E-state index in [0.29, 0.717) is 17.7 Å². The summed E-state index contributed by atoms with van der Waals surface area (Å²) in [5.74, 6) is -0.362. The van der Waals surface area contributed by atoms with Gasteiger partial charge >= 0.3 is 0 Å². The molecule has 0 spiro atoms. The third kappa shape index (κ3) is 3.89. The zero-order valence-corrected chi connectivity index (χ0v) is 13.9. The second-order valence-corrected chi connectivity index (χ2v) is 5.74. The quantitative estimate of drug-likeness (QED) is 0.537. The molecule has 1 atom stereocenters. The molecule has 0 bridgehead atoms. The molecule has 9 heteroatoms. The Morgan fingerprint density at radius 1 is 1.27 bits per heavy atom. The van der Waals surface area contributed by atoms with Gasteiger partial charge in [0.15, 0.2) is 0 Å². The van der Waals surface area contributed by atoms with Crippen molar-refractivity contribution in [3.05, 3.63) is 76.1 Å². The molecule has 0 fully saturated rings. The molecule has 0 unspecified atom stereocenters. The van der Waals surface area contributed by atoms with Crippen LogP contribution in [0.25, 0.3) is 0 Å². The highest BCUT2D eigenvalue weighted by Gasteiger charge is 2.23. The monoisotopic (exact) mass is 352 g/mol. The number of carbonyl (C=O) groups is 1. The number of tetrazole rings is 1. The van der Waals surface area contributed by atoms with Crippen LogP contribution in [0.2, 0.25) is 0 Å². The van der Waals surface area contributed by atoms with Crippen LogP contribution in [0.3, 0.4) is 0 Å². The molecule has 1 N–H and O–H groups in total. The van der Waals surface area contributed by atoms with Crippen molar-refractivity contribution in [1.82, 2.24) is 20.2 Å². The van der Waals surface area contributed by atoms with Gasteiger partial charge in [-0.05, 0) is 29.0 Å². The number of nitrogens with one attached hydrogen (secondary N) is 1. The van der Waals surface area contributed by atoms with Crippen LogP contribution in [0.5, 0.6) is 0 Å². The number of nitro groups is 1. The van der Waals surface area contributed by atoms with Gasteiger partial charge in [-0.3, -0.25) is 14.9 Å². The Labute approximate surface area is 148 Å². The molecule has 0 saturated heterocycles. The number of aromatic nitrogens is 4. The summed E-state index contributed by atoms with van der Waals surface area (Å²) in [6.45, 7) is 1.64. The zero-order valence-electron chi connectivity index (χ0n) is 13.9. The minimum absolute atomic E-state index is 0.0511. The second kappa shape index (κ2) is 7.51. The summed E-state index contributed by atoms with van der Waals surface area (Å²) in [5.41, 5.74) is 1.76. The van der Waals surface area contributed by atoms with E-state index in [2.05, 4.69) is 20.8 Å². The summed E-state index contributed by atoms with van der Waals surface area (Å²) in [6, 6.07) is 13.3. The van der Waals surface area contributed by atoms with Crippen molar-refractivity contribution in [2.75, 3.05) is 5.32 Å². The lowest BCUT2D eigenvalue weighted by Crippen LogP contribution is -2.28. The van der Waals surface area contributed by atoms with E-state index in [0.717, 1.165) is 5.56 Å². The predicted molar refractivity (Wildman–Crippen MR) is 93.5 cm³/mol. The van der Waals surface area contributed by atoms with E-state index < -0.39 is 11.0 Å². The average Bonchev–Trinajstić information content (AvgIpc) is 3.16. The maximum Gasteiger partial charge on any atom is 0.274 e. The highest BCUT2D eigenvalue weighted by atomic mass is 16.6. The van der Waals surface area contributed by atoms with E-state index in [1.165, 1.54) is 17.1 Å². The number of hydrogen-bond acceptors (Lipinski definition) is 6. The number of rotatable bonds is 6. The Balaban J connectivity index is 1.84. The standard InChI is InChI=1S/C17H16N6O3/c1-12-7-8-14(10-15(12)23(25)26)19-17(24)16(22-11-18-20-21-22)9-13-5-3-2-4-6-13/h2-8,10-11,16H,9H2,1H3,(H,19,24)/t16-/m0/s1. The number of carbonyl (C=O) groups excluding carboxylic acids is 1. The number of nitrogens with zero attached hydrogens (tertiary/aromatic N) is 5. The Hall–Kier alpha value is -3.62. The van der Waals surface area contributed by atoms with Crippen LogP contribution < -0.4 is 5.32 Å². The van der Waals surface area contributed by atoms with E-state index in [9.17, 15) is 14.9 Å². The molecule has 3 aromatic rings. The van der Waals surface area contributed by atoms with Crippen molar-refractivity contribution < 1.29 is 9.72 Å². The maximum atomic E-state index is 12.8. The number of aryl methyl sites for hydroxylation is 1. The van der Waals surface area contributed by atoms with Gasteiger partial charge in [0.25, 0.3) is 5.69 Å². The Bertz CT molecular complexity index is 912. The van der Waals surface area contributed by atoms with Gasteiger partial charge in [-0.25, -0.2) is 4.68 Å². The number of benzene rings is 2. The van der Waals surface area contributed by atoms with Crippen molar-refractivity contribution in [3.8, 4) is 0 Å². The number of nitro benzene ring substituents is 1. The molecule has 1 heterocycles. The number of anilines is 1. The van der Waals surface area contributed by atoms with Crippen molar-refractivity contribution in [2.45, 2.75) is 19.4 Å². The molecule has 0 saturated carbocycles. The highest BCUT2D eigenvalue weighted by molar-refractivity contribution is 5.94. The van der Waals surface area contributed by atoms with E-state index in [1.54, 1.807) is 19.1 Å². The van der Waals surface area contributed by atoms with Crippen LogP contribution in [0.15, 0.2) is 54.9 Å². The third-order valence-electron chi connectivity index (χ3n) is 3.93. The SMILES string of the molecule is Cc1ccc(NC(=O)[C@H](Cc2ccccc2)n2cnnn2)cc1[N+](=O)[O-]. The molecule has 0 aliphatic carbocycles. The van der Waals surface area contributed by atoms with E-state index in [1.807, 2.05) is 30.3 Å². The third-order valence-corrected chi connectivity index (χ3v) is 3.93. The first kappa shape index (κ1) is 17.2. The van der Waals surface area contributed by atoms with E-state index in [-0.39, 0.29) is 11.6 Å². The average molecular weight is 352 g/mol. The fourth-order valence-electron chi connectivity index (χ4n) is 2.56. The first-order valence-electron chi connectivity index (χ1n) is 7.87. The molecular weight excluding hydrogens is 336 g/mol. The van der Waals surface area contributed by atoms with Gasteiger partial charge in [0, 0.05) is 23.7 Å². The van der Waals surface area contributed by atoms with Crippen molar-refractivity contribution in [3.63, 3.8) is 0 Å². The van der Waals surface area contributed by atoms with Gasteiger partial charge in [-0.15, -0.1) is 5.10 Å². The summed E-state index contributed by atoms with van der Waals surface area (Å²) in [7, 11) is 0. The van der Waals surface area contributed by atoms with E-state index >= 15 is 0 Å². The molecule has 2 aromatic carbocycles. The van der Waals surface area contributed by atoms with Gasteiger partial charge in [0.1, 0.15) is 12.4 Å². The van der Waals surface area contributed by atoms with Gasteiger partial charge in [-0.1, -0.05) is 36.4 Å². The lowest BCUT2D eigenvalue weighted by Gasteiger charge is -2.16. The molecule has 1 amide bonds. The van der Waals surface area contributed by atoms with Gasteiger partial charge < -0.3 is 5.32 Å². The smallest absolute Gasteiger partial charge is 0.274 e. The van der Waals surface area contributed by atoms with Crippen molar-refractivity contribution >= 4 is 17.3 Å². The predicted octanol–water partition coefficient (Wildman–Crippen LogP) is 2.31. The summed E-state index contributed by atoms with van der Waals surface area (Å²) in [4.78, 5) is 23.4. The summed E-state index contributed by atoms with van der Waals surface area (Å²) in [5, 5.41) is 24.8. The molecule has 0 aliphatic rings. The number of hydrogen-bond donors (Lipinski definition) is 1. The van der Waals surface area contributed by atoms with Crippen LogP contribution >= 0.6 is 0 Å². The van der Waals surface area contributed by atoms with Crippen LogP contribution in [-0.4, -0.2) is 31.0 Å². The number of amides is 1. The van der Waals surface area contributed by atoms with Crippen LogP contribution in [0.1, 0.15) is 17.2 Å². The zero-order chi connectivity index (χ0) is 18.5. The first-order valence-corrected chi connectivity index (χ1v) is 7.87. The maximum absolute atomic E-state index is 12.8. The Morgan fingerprint density at radius 2 is 2.04 bits per heavy atom. The highest BCUT2D eigenvalue weighted by Crippen LogP contribution is 2.23.